The fourth-order valence-corrected chi connectivity index (χ4v) is 3.61. The van der Waals surface area contributed by atoms with Crippen molar-refractivity contribution in [1.82, 2.24) is 4.90 Å². The van der Waals surface area contributed by atoms with Crippen LogP contribution in [0.4, 0.5) is 4.79 Å². The van der Waals surface area contributed by atoms with Gasteiger partial charge in [-0.1, -0.05) is 30.3 Å². The fourth-order valence-electron chi connectivity index (χ4n) is 3.34. The lowest BCUT2D eigenvalue weighted by Gasteiger charge is -2.37. The zero-order chi connectivity index (χ0) is 13.2. The van der Waals surface area contributed by atoms with Gasteiger partial charge in [0.25, 0.3) is 0 Å². The van der Waals surface area contributed by atoms with Crippen molar-refractivity contribution in [3.8, 4) is 0 Å². The van der Waals surface area contributed by atoms with Crippen LogP contribution >= 0.6 is 11.6 Å². The topological polar surface area (TPSA) is 29.5 Å². The molecule has 1 aromatic rings. The fraction of sp³-hybridized carbons (Fsp3) is 0.533. The average molecular weight is 280 g/mol. The molecule has 0 spiro atoms. The molecule has 2 saturated heterocycles. The number of nitrogens with zero attached hydrogens (tertiary/aromatic N) is 1. The van der Waals surface area contributed by atoms with Crippen LogP contribution in [0.5, 0.6) is 0 Å². The van der Waals surface area contributed by atoms with E-state index in [9.17, 15) is 4.79 Å². The zero-order valence-corrected chi connectivity index (χ0v) is 11.6. The number of hydrogen-bond acceptors (Lipinski definition) is 2. The molecule has 0 N–H and O–H groups in total. The van der Waals surface area contributed by atoms with E-state index in [4.69, 9.17) is 16.3 Å². The van der Waals surface area contributed by atoms with Gasteiger partial charge in [-0.05, 0) is 42.8 Å². The van der Waals surface area contributed by atoms with E-state index in [-0.39, 0.29) is 23.6 Å². The summed E-state index contributed by atoms with van der Waals surface area (Å²) < 4.78 is 6.00. The van der Waals surface area contributed by atoms with Gasteiger partial charge < -0.3 is 9.64 Å². The van der Waals surface area contributed by atoms with Crippen LogP contribution < -0.4 is 0 Å². The molecule has 2 aliphatic rings. The number of piperidine rings is 1. The Bertz CT molecular complexity index is 437. The average Bonchev–Trinajstić information content (AvgIpc) is 2.70. The second-order valence-electron chi connectivity index (χ2n) is 5.44. The van der Waals surface area contributed by atoms with E-state index < -0.39 is 0 Å². The molecule has 3 atom stereocenters. The van der Waals surface area contributed by atoms with Crippen LogP contribution in [0.1, 0.15) is 31.2 Å². The Morgan fingerprint density at radius 3 is 2.42 bits per heavy atom. The van der Waals surface area contributed by atoms with Crippen molar-refractivity contribution < 1.29 is 9.53 Å². The largest absolute Gasteiger partial charge is 0.373 e. The van der Waals surface area contributed by atoms with E-state index in [2.05, 4.69) is 12.1 Å². The third-order valence-corrected chi connectivity index (χ3v) is 4.42. The summed E-state index contributed by atoms with van der Waals surface area (Å²) >= 11 is 5.65. The summed E-state index contributed by atoms with van der Waals surface area (Å²) in [6.07, 6.45) is 4.22. The first-order valence-corrected chi connectivity index (χ1v) is 7.25. The Hall–Kier alpha value is -1.06. The van der Waals surface area contributed by atoms with Crippen molar-refractivity contribution in [1.29, 1.82) is 0 Å². The molecule has 2 aliphatic heterocycles. The highest BCUT2D eigenvalue weighted by atomic mass is 35.5. The van der Waals surface area contributed by atoms with Gasteiger partial charge in [-0.2, -0.15) is 0 Å². The van der Waals surface area contributed by atoms with E-state index in [1.807, 2.05) is 23.1 Å². The lowest BCUT2D eigenvalue weighted by Crippen LogP contribution is -2.46. The monoisotopic (exact) mass is 279 g/mol. The van der Waals surface area contributed by atoms with Crippen LogP contribution in [0.25, 0.3) is 0 Å². The minimum absolute atomic E-state index is 0.255. The molecule has 2 fully saturated rings. The van der Waals surface area contributed by atoms with Crippen LogP contribution in [0.3, 0.4) is 0 Å². The standard InChI is InChI=1S/C15H18ClNO2/c16-15(18)17-12-6-7-13(17)9-14(8-12)19-10-11-4-2-1-3-5-11/h1-5,12-14H,6-10H2/t12-,13+,14?. The maximum Gasteiger partial charge on any atom is 0.316 e. The molecule has 0 aromatic heterocycles. The highest BCUT2D eigenvalue weighted by molar-refractivity contribution is 6.62. The van der Waals surface area contributed by atoms with Crippen molar-refractivity contribution in [2.45, 2.75) is 50.5 Å². The molecule has 102 valence electrons. The van der Waals surface area contributed by atoms with Gasteiger partial charge >= 0.3 is 5.37 Å². The predicted molar refractivity (Wildman–Crippen MR) is 74.2 cm³/mol. The Labute approximate surface area is 118 Å². The second-order valence-corrected chi connectivity index (χ2v) is 5.76. The zero-order valence-electron chi connectivity index (χ0n) is 10.8. The van der Waals surface area contributed by atoms with Gasteiger partial charge in [0.1, 0.15) is 0 Å². The maximum atomic E-state index is 11.4. The molecule has 2 heterocycles. The normalized spacial score (nSPS) is 29.5. The minimum atomic E-state index is -0.297. The van der Waals surface area contributed by atoms with E-state index in [0.29, 0.717) is 6.61 Å². The van der Waals surface area contributed by atoms with Gasteiger partial charge in [0.2, 0.25) is 0 Å². The first-order chi connectivity index (χ1) is 9.24. The number of halogens is 1. The number of hydrogen-bond donors (Lipinski definition) is 0. The number of benzene rings is 1. The second kappa shape index (κ2) is 5.51. The molecule has 1 aromatic carbocycles. The summed E-state index contributed by atoms with van der Waals surface area (Å²) in [6.45, 7) is 0.653. The quantitative estimate of drug-likeness (QED) is 0.625. The third-order valence-electron chi connectivity index (χ3n) is 4.22. The predicted octanol–water partition coefficient (Wildman–Crippen LogP) is 3.56. The number of fused-ring (bicyclic) bond motifs is 2. The van der Waals surface area contributed by atoms with E-state index in [0.717, 1.165) is 25.7 Å². The molecule has 3 nitrogen and oxygen atoms in total. The van der Waals surface area contributed by atoms with Crippen LogP contribution in [-0.4, -0.2) is 28.5 Å². The molecular formula is C15H18ClNO2. The van der Waals surface area contributed by atoms with Crippen molar-refractivity contribution in [2.75, 3.05) is 0 Å². The van der Waals surface area contributed by atoms with E-state index >= 15 is 0 Å². The van der Waals surface area contributed by atoms with Crippen LogP contribution in [-0.2, 0) is 11.3 Å². The first-order valence-electron chi connectivity index (χ1n) is 6.87. The molecule has 0 radical (unpaired) electrons. The Kier molecular flexibility index (Phi) is 3.76. The Morgan fingerprint density at radius 1 is 1.21 bits per heavy atom. The number of ether oxygens (including phenoxy) is 1. The van der Waals surface area contributed by atoms with Crippen molar-refractivity contribution in [2.24, 2.45) is 0 Å². The summed E-state index contributed by atoms with van der Waals surface area (Å²) in [5, 5.41) is -0.297. The van der Waals surface area contributed by atoms with Crippen molar-refractivity contribution >= 4 is 17.0 Å². The number of amides is 1. The third kappa shape index (κ3) is 2.77. The van der Waals surface area contributed by atoms with Crippen LogP contribution in [0, 0.1) is 0 Å². The lowest BCUT2D eigenvalue weighted by molar-refractivity contribution is -0.0144. The van der Waals surface area contributed by atoms with E-state index in [1.54, 1.807) is 0 Å². The van der Waals surface area contributed by atoms with Gasteiger partial charge in [0.15, 0.2) is 0 Å². The minimum Gasteiger partial charge on any atom is -0.373 e. The maximum absolute atomic E-state index is 11.4. The van der Waals surface area contributed by atoms with Crippen molar-refractivity contribution in [3.05, 3.63) is 35.9 Å². The molecule has 4 heteroatoms. The molecule has 19 heavy (non-hydrogen) atoms. The van der Waals surface area contributed by atoms with Crippen molar-refractivity contribution in [3.63, 3.8) is 0 Å². The molecule has 2 bridgehead atoms. The van der Waals surface area contributed by atoms with Crippen LogP contribution in [0.15, 0.2) is 30.3 Å². The van der Waals surface area contributed by atoms with Gasteiger partial charge in [-0.15, -0.1) is 0 Å². The Morgan fingerprint density at radius 2 is 1.84 bits per heavy atom. The Balaban J connectivity index is 1.57. The lowest BCUT2D eigenvalue weighted by atomic mass is 10.0. The molecule has 1 amide bonds. The molecule has 1 unspecified atom stereocenters. The highest BCUT2D eigenvalue weighted by Crippen LogP contribution is 2.37. The summed E-state index contributed by atoms with van der Waals surface area (Å²) in [7, 11) is 0. The van der Waals surface area contributed by atoms with Gasteiger partial charge in [0, 0.05) is 12.1 Å². The smallest absolute Gasteiger partial charge is 0.316 e. The summed E-state index contributed by atoms with van der Waals surface area (Å²) in [4.78, 5) is 13.2. The highest BCUT2D eigenvalue weighted by Gasteiger charge is 2.43. The van der Waals surface area contributed by atoms with Gasteiger partial charge in [-0.3, -0.25) is 4.79 Å². The molecule has 3 rings (SSSR count). The summed E-state index contributed by atoms with van der Waals surface area (Å²) in [5.74, 6) is 0. The van der Waals surface area contributed by atoms with Gasteiger partial charge in [0.05, 0.1) is 12.7 Å². The SMILES string of the molecule is O=C(Cl)N1[C@@H]2CC[C@H]1CC(OCc1ccccc1)C2. The van der Waals surface area contributed by atoms with Gasteiger partial charge in [-0.25, -0.2) is 0 Å². The number of rotatable bonds is 3. The van der Waals surface area contributed by atoms with Crippen LogP contribution in [0.2, 0.25) is 0 Å². The molecular weight excluding hydrogens is 262 g/mol. The summed E-state index contributed by atoms with van der Waals surface area (Å²) in [6, 6.07) is 10.8. The van der Waals surface area contributed by atoms with E-state index in [1.165, 1.54) is 5.56 Å². The first kappa shape index (κ1) is 12.9. The number of carbonyl (C=O) groups excluding carboxylic acids is 1. The number of carbonyl (C=O) groups is 1. The summed E-state index contributed by atoms with van der Waals surface area (Å²) in [5.41, 5.74) is 1.20. The molecule has 0 aliphatic carbocycles. The molecule has 0 saturated carbocycles.